The van der Waals surface area contributed by atoms with Gasteiger partial charge in [0.2, 0.25) is 0 Å². The molecule has 2 amide bonds. The van der Waals surface area contributed by atoms with E-state index in [9.17, 15) is 14.4 Å². The molecular formula is C26H18BrN3O5. The zero-order valence-corrected chi connectivity index (χ0v) is 19.7. The van der Waals surface area contributed by atoms with E-state index >= 15 is 0 Å². The van der Waals surface area contributed by atoms with E-state index in [0.29, 0.717) is 22.4 Å². The number of benzene rings is 3. The fourth-order valence-electron chi connectivity index (χ4n) is 2.98. The zero-order chi connectivity index (χ0) is 24.6. The Labute approximate surface area is 208 Å². The summed E-state index contributed by atoms with van der Waals surface area (Å²) in [5, 5.41) is 6.66. The highest BCUT2D eigenvalue weighted by atomic mass is 79.9. The quantitative estimate of drug-likeness (QED) is 0.146. The Balaban J connectivity index is 1.39. The van der Waals surface area contributed by atoms with Crippen molar-refractivity contribution in [1.29, 1.82) is 0 Å². The molecule has 9 heteroatoms. The average molecular weight is 532 g/mol. The van der Waals surface area contributed by atoms with E-state index in [-0.39, 0.29) is 11.5 Å². The van der Waals surface area contributed by atoms with E-state index in [4.69, 9.17) is 9.15 Å². The van der Waals surface area contributed by atoms with E-state index in [2.05, 4.69) is 31.8 Å². The Hall–Kier alpha value is -4.50. The minimum Gasteiger partial charge on any atom is -0.459 e. The molecule has 0 spiro atoms. The number of hydrogen-bond donors (Lipinski definition) is 2. The number of anilines is 1. The summed E-state index contributed by atoms with van der Waals surface area (Å²) in [6.07, 6.45) is 2.79. The minimum atomic E-state index is -0.508. The van der Waals surface area contributed by atoms with Crippen molar-refractivity contribution in [3.8, 4) is 5.75 Å². The van der Waals surface area contributed by atoms with Crippen LogP contribution in [0.25, 0.3) is 0 Å². The number of nitrogens with one attached hydrogen (secondary N) is 2. The molecule has 0 saturated carbocycles. The molecule has 3 aromatic carbocycles. The summed E-state index contributed by atoms with van der Waals surface area (Å²) < 4.78 is 11.3. The first-order valence-corrected chi connectivity index (χ1v) is 11.1. The number of carbonyl (C=O) groups excluding carboxylic acids is 3. The summed E-state index contributed by atoms with van der Waals surface area (Å²) >= 11 is 3.38. The first-order valence-electron chi connectivity index (χ1n) is 10.3. The lowest BCUT2D eigenvalue weighted by atomic mass is 10.2. The number of esters is 1. The Morgan fingerprint density at radius 1 is 0.857 bits per heavy atom. The highest BCUT2D eigenvalue weighted by Crippen LogP contribution is 2.23. The number of ether oxygens (including phenoxy) is 1. The van der Waals surface area contributed by atoms with E-state index < -0.39 is 17.8 Å². The SMILES string of the molecule is O=C(N/N=C\c1cc(Br)ccc1OC(=O)c1ccccc1)c1ccc(NC(=O)c2ccco2)cc1. The van der Waals surface area contributed by atoms with Crippen LogP contribution in [0.3, 0.4) is 0 Å². The van der Waals surface area contributed by atoms with Gasteiger partial charge in [-0.2, -0.15) is 5.10 Å². The summed E-state index contributed by atoms with van der Waals surface area (Å²) in [6.45, 7) is 0. The van der Waals surface area contributed by atoms with Crippen molar-refractivity contribution in [3.05, 3.63) is 118 Å². The fraction of sp³-hybridized carbons (Fsp3) is 0. The van der Waals surface area contributed by atoms with Crippen molar-refractivity contribution >= 4 is 45.6 Å². The van der Waals surface area contributed by atoms with Crippen molar-refractivity contribution < 1.29 is 23.5 Å². The van der Waals surface area contributed by atoms with Gasteiger partial charge in [0.05, 0.1) is 18.0 Å². The summed E-state index contributed by atoms with van der Waals surface area (Å²) in [6, 6.07) is 23.1. The van der Waals surface area contributed by atoms with Crippen molar-refractivity contribution in [1.82, 2.24) is 5.43 Å². The van der Waals surface area contributed by atoms with Gasteiger partial charge in [-0.15, -0.1) is 0 Å². The van der Waals surface area contributed by atoms with Gasteiger partial charge in [0.25, 0.3) is 11.8 Å². The standard InChI is InChI=1S/C26H18BrN3O5/c27-20-10-13-22(35-26(33)18-5-2-1-3-6-18)19(15-20)16-28-30-24(31)17-8-11-21(12-9-17)29-25(32)23-7-4-14-34-23/h1-16H,(H,29,32)(H,30,31)/b28-16-. The number of furan rings is 1. The molecule has 2 N–H and O–H groups in total. The molecule has 174 valence electrons. The van der Waals surface area contributed by atoms with Crippen LogP contribution in [0.4, 0.5) is 5.69 Å². The molecule has 4 rings (SSSR count). The highest BCUT2D eigenvalue weighted by Gasteiger charge is 2.12. The van der Waals surface area contributed by atoms with Crippen LogP contribution in [0.2, 0.25) is 0 Å². The second-order valence-corrected chi connectivity index (χ2v) is 8.06. The smallest absolute Gasteiger partial charge is 0.343 e. The highest BCUT2D eigenvalue weighted by molar-refractivity contribution is 9.10. The van der Waals surface area contributed by atoms with Gasteiger partial charge in [0.1, 0.15) is 5.75 Å². The van der Waals surface area contributed by atoms with Crippen molar-refractivity contribution in [2.24, 2.45) is 5.10 Å². The van der Waals surface area contributed by atoms with Crippen LogP contribution >= 0.6 is 15.9 Å². The van der Waals surface area contributed by atoms with Crippen LogP contribution in [0, 0.1) is 0 Å². The second kappa shape index (κ2) is 11.1. The summed E-state index contributed by atoms with van der Waals surface area (Å²) in [5.74, 6) is -0.886. The Morgan fingerprint density at radius 2 is 1.63 bits per heavy atom. The lowest BCUT2D eigenvalue weighted by Gasteiger charge is -2.08. The normalized spacial score (nSPS) is 10.7. The Morgan fingerprint density at radius 3 is 2.34 bits per heavy atom. The number of nitrogens with zero attached hydrogens (tertiary/aromatic N) is 1. The molecule has 0 unspecified atom stereocenters. The Kier molecular flexibility index (Phi) is 7.49. The van der Waals surface area contributed by atoms with Crippen LogP contribution in [0.5, 0.6) is 5.75 Å². The van der Waals surface area contributed by atoms with Crippen molar-refractivity contribution in [2.45, 2.75) is 0 Å². The molecule has 0 radical (unpaired) electrons. The van der Waals surface area contributed by atoms with Gasteiger partial charge in [0.15, 0.2) is 5.76 Å². The number of amides is 2. The van der Waals surface area contributed by atoms with E-state index in [1.54, 1.807) is 78.9 Å². The number of hydrogen-bond acceptors (Lipinski definition) is 6. The molecule has 0 aliphatic heterocycles. The molecule has 0 bridgehead atoms. The fourth-order valence-corrected chi connectivity index (χ4v) is 3.36. The largest absolute Gasteiger partial charge is 0.459 e. The van der Waals surface area contributed by atoms with Gasteiger partial charge in [0, 0.05) is 21.3 Å². The zero-order valence-electron chi connectivity index (χ0n) is 18.1. The monoisotopic (exact) mass is 531 g/mol. The van der Waals surface area contributed by atoms with Crippen LogP contribution in [-0.4, -0.2) is 24.0 Å². The lowest BCUT2D eigenvalue weighted by molar-refractivity contribution is 0.0734. The molecule has 35 heavy (non-hydrogen) atoms. The van der Waals surface area contributed by atoms with E-state index in [1.165, 1.54) is 12.5 Å². The molecule has 1 aromatic heterocycles. The summed E-state index contributed by atoms with van der Waals surface area (Å²) in [4.78, 5) is 36.9. The molecule has 0 aliphatic rings. The third kappa shape index (κ3) is 6.30. The topological polar surface area (TPSA) is 110 Å². The third-order valence-electron chi connectivity index (χ3n) is 4.70. The van der Waals surface area contributed by atoms with Gasteiger partial charge in [-0.25, -0.2) is 10.2 Å². The molecule has 1 heterocycles. The van der Waals surface area contributed by atoms with Gasteiger partial charge in [-0.3, -0.25) is 9.59 Å². The van der Waals surface area contributed by atoms with Crippen LogP contribution in [0.15, 0.2) is 105 Å². The van der Waals surface area contributed by atoms with Crippen LogP contribution < -0.4 is 15.5 Å². The molecule has 8 nitrogen and oxygen atoms in total. The number of carbonyl (C=O) groups is 3. The first-order chi connectivity index (χ1) is 17.0. The van der Waals surface area contributed by atoms with Crippen LogP contribution in [-0.2, 0) is 0 Å². The van der Waals surface area contributed by atoms with E-state index in [0.717, 1.165) is 4.47 Å². The molecule has 0 atom stereocenters. The third-order valence-corrected chi connectivity index (χ3v) is 5.20. The molecular weight excluding hydrogens is 514 g/mol. The predicted octanol–water partition coefficient (Wildman–Crippen LogP) is 5.28. The van der Waals surface area contributed by atoms with Gasteiger partial charge in [-0.1, -0.05) is 34.1 Å². The minimum absolute atomic E-state index is 0.183. The first kappa shape index (κ1) is 23.7. The van der Waals surface area contributed by atoms with Crippen LogP contribution in [0.1, 0.15) is 36.8 Å². The summed E-state index contributed by atoms with van der Waals surface area (Å²) in [5.41, 5.74) is 4.17. The van der Waals surface area contributed by atoms with Crippen molar-refractivity contribution in [3.63, 3.8) is 0 Å². The van der Waals surface area contributed by atoms with Gasteiger partial charge >= 0.3 is 5.97 Å². The van der Waals surface area contributed by atoms with Gasteiger partial charge in [-0.05, 0) is 66.7 Å². The molecule has 0 fully saturated rings. The molecule has 0 saturated heterocycles. The number of rotatable bonds is 7. The van der Waals surface area contributed by atoms with Gasteiger partial charge < -0.3 is 14.5 Å². The average Bonchev–Trinajstić information content (AvgIpc) is 3.42. The molecule has 0 aliphatic carbocycles. The maximum atomic E-state index is 12.4. The van der Waals surface area contributed by atoms with Crippen molar-refractivity contribution in [2.75, 3.05) is 5.32 Å². The van der Waals surface area contributed by atoms with E-state index in [1.807, 2.05) is 6.07 Å². The Bertz CT molecular complexity index is 1370. The maximum Gasteiger partial charge on any atom is 0.343 e. The maximum absolute atomic E-state index is 12.4. The second-order valence-electron chi connectivity index (χ2n) is 7.15. The molecule has 4 aromatic rings. The summed E-state index contributed by atoms with van der Waals surface area (Å²) in [7, 11) is 0. The number of hydrazone groups is 1. The lowest BCUT2D eigenvalue weighted by Crippen LogP contribution is -2.18. The number of halogens is 1. The predicted molar refractivity (Wildman–Crippen MR) is 134 cm³/mol.